The van der Waals surface area contributed by atoms with Gasteiger partial charge in [0.05, 0.1) is 12.3 Å². The first-order valence-electron chi connectivity index (χ1n) is 10.2. The van der Waals surface area contributed by atoms with Gasteiger partial charge in [0.15, 0.2) is 0 Å². The Balaban J connectivity index is 1.71. The molecule has 1 atom stereocenters. The molecule has 0 aliphatic carbocycles. The Morgan fingerprint density at radius 3 is 2.55 bits per heavy atom. The molecule has 0 amide bonds. The topological polar surface area (TPSA) is 111 Å². The minimum absolute atomic E-state index is 0.325. The lowest BCUT2D eigenvalue weighted by Gasteiger charge is -2.28. The minimum atomic E-state index is -0.400. The third kappa shape index (κ3) is 3.24. The van der Waals surface area contributed by atoms with Crippen LogP contribution in [0.25, 0.3) is 11.3 Å². The van der Waals surface area contributed by atoms with E-state index in [-0.39, 0.29) is 5.56 Å². The van der Waals surface area contributed by atoms with E-state index in [1.807, 2.05) is 43.3 Å². The lowest BCUT2D eigenvalue weighted by molar-refractivity contribution is 0.340. The molecule has 2 N–H and O–H groups in total. The monoisotopic (exact) mass is 415 g/mol. The van der Waals surface area contributed by atoms with Gasteiger partial charge in [0.25, 0.3) is 5.56 Å². The number of nitrogens with one attached hydrogen (secondary N) is 2. The summed E-state index contributed by atoms with van der Waals surface area (Å²) in [4.78, 5) is 12.7. The van der Waals surface area contributed by atoms with Gasteiger partial charge < -0.3 is 10.1 Å². The van der Waals surface area contributed by atoms with E-state index < -0.39 is 6.04 Å². The van der Waals surface area contributed by atoms with Crippen molar-refractivity contribution in [1.29, 1.82) is 0 Å². The first kappa shape index (κ1) is 19.0. The number of aryl methyl sites for hydroxylation is 1. The third-order valence-electron chi connectivity index (χ3n) is 5.41. The summed E-state index contributed by atoms with van der Waals surface area (Å²) in [6, 6.07) is 15.5. The summed E-state index contributed by atoms with van der Waals surface area (Å²) in [6.07, 6.45) is 0.942. The number of rotatable bonds is 5. The van der Waals surface area contributed by atoms with Gasteiger partial charge in [0.1, 0.15) is 17.5 Å². The van der Waals surface area contributed by atoms with Gasteiger partial charge in [-0.15, -0.1) is 0 Å². The van der Waals surface area contributed by atoms with Gasteiger partial charge in [-0.3, -0.25) is 4.79 Å². The molecule has 156 valence electrons. The molecular weight excluding hydrogens is 394 g/mol. The Labute approximate surface area is 178 Å². The first-order valence-corrected chi connectivity index (χ1v) is 10.2. The lowest BCUT2D eigenvalue weighted by atomic mass is 9.92. The van der Waals surface area contributed by atoms with E-state index in [1.165, 1.54) is 5.56 Å². The number of tetrazole rings is 1. The highest BCUT2D eigenvalue weighted by molar-refractivity contribution is 5.75. The normalized spacial score (nSPS) is 14.5. The molecule has 0 saturated heterocycles. The number of fused-ring (bicyclic) bond motifs is 2. The summed E-state index contributed by atoms with van der Waals surface area (Å²) in [6.45, 7) is 4.65. The molecule has 3 heterocycles. The molecule has 0 radical (unpaired) electrons. The van der Waals surface area contributed by atoms with Crippen molar-refractivity contribution >= 4 is 11.6 Å². The molecule has 0 saturated carbocycles. The third-order valence-corrected chi connectivity index (χ3v) is 5.41. The SMILES string of the molecule is CCOc1ccc(-c2n[nH]c(=O)c3c2[C@@H](c2ccc(CC)cc2)n2nnnc2N3)cc1. The highest BCUT2D eigenvalue weighted by Gasteiger charge is 2.34. The molecule has 5 rings (SSSR count). The summed E-state index contributed by atoms with van der Waals surface area (Å²) in [7, 11) is 0. The van der Waals surface area contributed by atoms with Gasteiger partial charge in [-0.1, -0.05) is 36.3 Å². The summed E-state index contributed by atoms with van der Waals surface area (Å²) in [5.41, 5.74) is 4.48. The van der Waals surface area contributed by atoms with Crippen molar-refractivity contribution in [2.75, 3.05) is 11.9 Å². The van der Waals surface area contributed by atoms with Gasteiger partial charge in [-0.25, -0.2) is 5.10 Å². The van der Waals surface area contributed by atoms with E-state index in [1.54, 1.807) is 4.68 Å². The molecule has 0 unspecified atom stereocenters. The Morgan fingerprint density at radius 2 is 1.84 bits per heavy atom. The Hall–Kier alpha value is -4.01. The first-order chi connectivity index (χ1) is 15.2. The Morgan fingerprint density at radius 1 is 1.06 bits per heavy atom. The van der Waals surface area contributed by atoms with Crippen molar-refractivity contribution in [3.63, 3.8) is 0 Å². The van der Waals surface area contributed by atoms with Gasteiger partial charge >= 0.3 is 0 Å². The lowest BCUT2D eigenvalue weighted by Crippen LogP contribution is -2.29. The maximum atomic E-state index is 12.7. The molecule has 9 heteroatoms. The van der Waals surface area contributed by atoms with Crippen LogP contribution in [0.5, 0.6) is 5.75 Å². The number of anilines is 2. The number of hydrogen-bond donors (Lipinski definition) is 2. The van der Waals surface area contributed by atoms with Crippen molar-refractivity contribution in [3.05, 3.63) is 75.6 Å². The van der Waals surface area contributed by atoms with Gasteiger partial charge in [0.2, 0.25) is 5.95 Å². The number of ether oxygens (including phenoxy) is 1. The van der Waals surface area contributed by atoms with Crippen LogP contribution in [0.2, 0.25) is 0 Å². The fraction of sp³-hybridized carbons (Fsp3) is 0.227. The maximum absolute atomic E-state index is 12.7. The second-order valence-corrected chi connectivity index (χ2v) is 7.22. The van der Waals surface area contributed by atoms with E-state index in [9.17, 15) is 4.79 Å². The van der Waals surface area contributed by atoms with E-state index in [0.29, 0.717) is 23.9 Å². The quantitative estimate of drug-likeness (QED) is 0.454. The zero-order chi connectivity index (χ0) is 21.4. The van der Waals surface area contributed by atoms with Crippen LogP contribution in [0.4, 0.5) is 11.6 Å². The number of hydrogen-bond acceptors (Lipinski definition) is 7. The molecule has 1 aliphatic heterocycles. The van der Waals surface area contributed by atoms with Crippen LogP contribution in [0, 0.1) is 0 Å². The standard InChI is InChI=1S/C22H21N7O2/c1-3-13-5-7-15(8-6-13)20-17-18(14-9-11-16(12-10-14)31-4-2)24-25-21(30)19(17)23-22-26-27-28-29(20)22/h5-12,20H,3-4H2,1-2H3,(H,25,30)(H,23,26,28)/t20-/m1/s1. The van der Waals surface area contributed by atoms with Crippen molar-refractivity contribution in [3.8, 4) is 17.0 Å². The smallest absolute Gasteiger partial charge is 0.288 e. The highest BCUT2D eigenvalue weighted by atomic mass is 16.5. The Kier molecular flexibility index (Phi) is 4.70. The zero-order valence-electron chi connectivity index (χ0n) is 17.2. The molecule has 1 aliphatic rings. The molecule has 4 aromatic rings. The molecule has 0 fully saturated rings. The molecule has 0 bridgehead atoms. The molecular formula is C22H21N7O2. The molecule has 2 aromatic carbocycles. The second-order valence-electron chi connectivity index (χ2n) is 7.22. The van der Waals surface area contributed by atoms with Crippen LogP contribution in [-0.4, -0.2) is 37.0 Å². The van der Waals surface area contributed by atoms with Crippen LogP contribution in [0.3, 0.4) is 0 Å². The van der Waals surface area contributed by atoms with Crippen molar-refractivity contribution in [2.45, 2.75) is 26.3 Å². The molecule has 31 heavy (non-hydrogen) atoms. The predicted molar refractivity (Wildman–Crippen MR) is 116 cm³/mol. The van der Waals surface area contributed by atoms with Crippen molar-refractivity contribution < 1.29 is 4.74 Å². The van der Waals surface area contributed by atoms with Gasteiger partial charge in [-0.2, -0.15) is 9.78 Å². The number of H-pyrrole nitrogens is 1. The fourth-order valence-corrected chi connectivity index (χ4v) is 3.88. The number of aromatic amines is 1. The average molecular weight is 415 g/mol. The summed E-state index contributed by atoms with van der Waals surface area (Å²) < 4.78 is 7.24. The van der Waals surface area contributed by atoms with Crippen LogP contribution >= 0.6 is 0 Å². The average Bonchev–Trinajstić information content (AvgIpc) is 3.28. The summed E-state index contributed by atoms with van der Waals surface area (Å²) in [5.74, 6) is 1.18. The molecule has 2 aromatic heterocycles. The van der Waals surface area contributed by atoms with Crippen molar-refractivity contribution in [2.24, 2.45) is 0 Å². The largest absolute Gasteiger partial charge is 0.494 e. The van der Waals surface area contributed by atoms with Gasteiger partial charge in [0, 0.05) is 11.1 Å². The summed E-state index contributed by atoms with van der Waals surface area (Å²) >= 11 is 0. The minimum Gasteiger partial charge on any atom is -0.494 e. The summed E-state index contributed by atoms with van der Waals surface area (Å²) in [5, 5.41) is 22.1. The van der Waals surface area contributed by atoms with Crippen LogP contribution in [0.15, 0.2) is 53.3 Å². The van der Waals surface area contributed by atoms with Crippen LogP contribution < -0.4 is 15.6 Å². The number of aromatic nitrogens is 6. The zero-order valence-corrected chi connectivity index (χ0v) is 17.2. The van der Waals surface area contributed by atoms with E-state index >= 15 is 0 Å². The maximum Gasteiger partial charge on any atom is 0.288 e. The molecule has 9 nitrogen and oxygen atoms in total. The number of nitrogens with zero attached hydrogens (tertiary/aromatic N) is 5. The second kappa shape index (κ2) is 7.67. The number of benzene rings is 2. The predicted octanol–water partition coefficient (Wildman–Crippen LogP) is 3.08. The van der Waals surface area contributed by atoms with E-state index in [2.05, 4.69) is 50.1 Å². The van der Waals surface area contributed by atoms with Crippen LogP contribution in [-0.2, 0) is 6.42 Å². The van der Waals surface area contributed by atoms with E-state index in [4.69, 9.17) is 4.74 Å². The van der Waals surface area contributed by atoms with Crippen LogP contribution in [0.1, 0.15) is 36.6 Å². The Bertz CT molecular complexity index is 1280. The van der Waals surface area contributed by atoms with Crippen molar-refractivity contribution in [1.82, 2.24) is 30.4 Å². The fourth-order valence-electron chi connectivity index (χ4n) is 3.88. The molecule has 0 spiro atoms. The van der Waals surface area contributed by atoms with E-state index in [0.717, 1.165) is 28.9 Å². The highest BCUT2D eigenvalue weighted by Crippen LogP contribution is 2.41. The van der Waals surface area contributed by atoms with Gasteiger partial charge in [-0.05, 0) is 59.2 Å².